The second-order valence-electron chi connectivity index (χ2n) is 4.12. The number of hydrogen-bond acceptors (Lipinski definition) is 2. The summed E-state index contributed by atoms with van der Waals surface area (Å²) in [5.74, 6) is 1.87. The highest BCUT2D eigenvalue weighted by molar-refractivity contribution is 5.66. The van der Waals surface area contributed by atoms with Gasteiger partial charge in [-0.2, -0.15) is 0 Å². The number of carboxylic acids is 1. The van der Waals surface area contributed by atoms with Crippen LogP contribution in [0.5, 0.6) is 0 Å². The van der Waals surface area contributed by atoms with Crippen LogP contribution in [0.2, 0.25) is 0 Å². The van der Waals surface area contributed by atoms with Crippen molar-refractivity contribution in [1.29, 1.82) is 0 Å². The highest BCUT2D eigenvalue weighted by Gasteiger charge is 2.20. The first-order valence-electron chi connectivity index (χ1n) is 6.15. The molecular formula is C15H19NO2. The van der Waals surface area contributed by atoms with E-state index in [4.69, 9.17) is 11.5 Å². The molecule has 0 heterocycles. The fourth-order valence-electron chi connectivity index (χ4n) is 1.95. The van der Waals surface area contributed by atoms with Gasteiger partial charge in [0.05, 0.1) is 6.54 Å². The molecule has 0 fully saturated rings. The molecule has 0 saturated heterocycles. The Morgan fingerprint density at radius 1 is 1.56 bits per heavy atom. The molecule has 0 bridgehead atoms. The summed E-state index contributed by atoms with van der Waals surface area (Å²) in [4.78, 5) is 9.37. The lowest BCUT2D eigenvalue weighted by molar-refractivity contribution is -0.136. The van der Waals surface area contributed by atoms with Gasteiger partial charge in [0.2, 0.25) is 0 Å². The number of fused-ring (bicyclic) bond motifs is 1. The molecule has 3 nitrogen and oxygen atoms in total. The molecule has 0 aliphatic heterocycles. The number of aryl methyl sites for hydroxylation is 1. The smallest absolute Gasteiger partial charge is 0.303 e. The van der Waals surface area contributed by atoms with Gasteiger partial charge in [-0.3, -0.25) is 10.1 Å². The molecule has 1 aromatic carbocycles. The van der Waals surface area contributed by atoms with Gasteiger partial charge in [0.25, 0.3) is 0 Å². The zero-order valence-electron chi connectivity index (χ0n) is 10.6. The van der Waals surface area contributed by atoms with Crippen molar-refractivity contribution in [1.82, 2.24) is 5.32 Å². The maximum absolute atomic E-state index is 9.37. The van der Waals surface area contributed by atoms with E-state index in [-0.39, 0.29) is 6.42 Å². The Morgan fingerprint density at radius 3 is 2.83 bits per heavy atom. The Morgan fingerprint density at radius 2 is 2.22 bits per heavy atom. The van der Waals surface area contributed by atoms with Crippen molar-refractivity contribution < 1.29 is 9.90 Å². The largest absolute Gasteiger partial charge is 0.481 e. The van der Waals surface area contributed by atoms with Crippen LogP contribution in [0.15, 0.2) is 24.3 Å². The molecule has 1 aromatic rings. The topological polar surface area (TPSA) is 49.3 Å². The number of terminal acetylenes is 1. The van der Waals surface area contributed by atoms with E-state index in [1.807, 2.05) is 0 Å². The highest BCUT2D eigenvalue weighted by Crippen LogP contribution is 2.30. The normalized spacial score (nSPS) is 16.1. The van der Waals surface area contributed by atoms with E-state index in [0.717, 1.165) is 0 Å². The van der Waals surface area contributed by atoms with Crippen molar-refractivity contribution in [3.63, 3.8) is 0 Å². The minimum absolute atomic E-state index is 0.222. The molecule has 2 rings (SSSR count). The van der Waals surface area contributed by atoms with E-state index < -0.39 is 5.97 Å². The molecule has 1 atom stereocenters. The molecule has 0 amide bonds. The molecule has 18 heavy (non-hydrogen) atoms. The van der Waals surface area contributed by atoms with Gasteiger partial charge in [-0.05, 0) is 24.0 Å². The van der Waals surface area contributed by atoms with E-state index in [9.17, 15) is 4.79 Å². The minimum atomic E-state index is -0.745. The van der Waals surface area contributed by atoms with Gasteiger partial charge >= 0.3 is 5.97 Å². The third kappa shape index (κ3) is 4.23. The van der Waals surface area contributed by atoms with E-state index in [0.29, 0.717) is 12.6 Å². The first-order valence-corrected chi connectivity index (χ1v) is 6.15. The Hall–Kier alpha value is -1.79. The molecule has 0 unspecified atom stereocenters. The van der Waals surface area contributed by atoms with Gasteiger partial charge in [-0.1, -0.05) is 37.1 Å². The van der Waals surface area contributed by atoms with Crippen LogP contribution in [0, 0.1) is 12.3 Å². The lowest BCUT2D eigenvalue weighted by Crippen LogP contribution is -2.19. The summed E-state index contributed by atoms with van der Waals surface area (Å²) in [5.41, 5.74) is 2.90. The van der Waals surface area contributed by atoms with E-state index >= 15 is 0 Å². The fraction of sp³-hybridized carbons (Fsp3) is 0.400. The molecule has 2 N–H and O–H groups in total. The Bertz CT molecular complexity index is 434. The third-order valence-corrected chi connectivity index (χ3v) is 2.89. The summed E-state index contributed by atoms with van der Waals surface area (Å²) in [6.45, 7) is 2.27. The Balaban J connectivity index is 0.000000280. The average molecular weight is 245 g/mol. The van der Waals surface area contributed by atoms with Gasteiger partial charge in [0.1, 0.15) is 0 Å². The Kier molecular flexibility index (Phi) is 5.96. The molecule has 1 aliphatic carbocycles. The van der Waals surface area contributed by atoms with E-state index in [1.54, 1.807) is 6.92 Å². The van der Waals surface area contributed by atoms with Crippen molar-refractivity contribution in [2.24, 2.45) is 0 Å². The van der Waals surface area contributed by atoms with E-state index in [2.05, 4.69) is 35.5 Å². The molecular weight excluding hydrogens is 226 g/mol. The van der Waals surface area contributed by atoms with Crippen LogP contribution in [-0.4, -0.2) is 17.6 Å². The molecule has 0 radical (unpaired) electrons. The van der Waals surface area contributed by atoms with Gasteiger partial charge in [-0.15, -0.1) is 6.42 Å². The van der Waals surface area contributed by atoms with Crippen molar-refractivity contribution in [3.8, 4) is 12.3 Å². The maximum Gasteiger partial charge on any atom is 0.303 e. The summed E-state index contributed by atoms with van der Waals surface area (Å²) < 4.78 is 0. The summed E-state index contributed by atoms with van der Waals surface area (Å²) in [5, 5.41) is 11.1. The van der Waals surface area contributed by atoms with Crippen molar-refractivity contribution in [2.75, 3.05) is 6.54 Å². The van der Waals surface area contributed by atoms with Gasteiger partial charge in [-0.25, -0.2) is 0 Å². The molecule has 0 aromatic heterocycles. The average Bonchev–Trinajstić information content (AvgIpc) is 2.80. The van der Waals surface area contributed by atoms with Crippen molar-refractivity contribution >= 4 is 5.97 Å². The zero-order valence-corrected chi connectivity index (χ0v) is 10.6. The lowest BCUT2D eigenvalue weighted by atomic mass is 10.1. The van der Waals surface area contributed by atoms with Gasteiger partial charge < -0.3 is 5.11 Å². The van der Waals surface area contributed by atoms with Gasteiger partial charge in [0, 0.05) is 12.5 Å². The van der Waals surface area contributed by atoms with Crippen molar-refractivity contribution in [3.05, 3.63) is 35.4 Å². The Labute approximate surface area is 108 Å². The number of hydrogen-bond donors (Lipinski definition) is 2. The number of carboxylic acid groups (broad SMARTS) is 1. The monoisotopic (exact) mass is 245 g/mol. The fourth-order valence-corrected chi connectivity index (χ4v) is 1.95. The van der Waals surface area contributed by atoms with Crippen molar-refractivity contribution in [2.45, 2.75) is 32.2 Å². The SMILES string of the molecule is C#CCN[C@@H]1CCc2ccccc21.CCC(=O)O. The summed E-state index contributed by atoms with van der Waals surface area (Å²) in [6.07, 6.45) is 7.80. The van der Waals surface area contributed by atoms with Crippen LogP contribution in [0.3, 0.4) is 0 Å². The van der Waals surface area contributed by atoms with Crippen LogP contribution in [0.25, 0.3) is 0 Å². The third-order valence-electron chi connectivity index (χ3n) is 2.89. The van der Waals surface area contributed by atoms with Gasteiger partial charge in [0.15, 0.2) is 0 Å². The summed E-state index contributed by atoms with van der Waals surface area (Å²) in [6, 6.07) is 9.06. The molecule has 0 spiro atoms. The number of aliphatic carboxylic acids is 1. The second-order valence-corrected chi connectivity index (χ2v) is 4.12. The van der Waals surface area contributed by atoms with E-state index in [1.165, 1.54) is 24.0 Å². The first kappa shape index (κ1) is 14.3. The molecule has 1 aliphatic rings. The predicted octanol–water partition coefficient (Wildman–Crippen LogP) is 2.38. The minimum Gasteiger partial charge on any atom is -0.481 e. The standard InChI is InChI=1S/C12H13N.C3H6O2/c1-2-9-13-12-8-7-10-5-3-4-6-11(10)12;1-2-3(4)5/h1,3-6,12-13H,7-9H2;2H2,1H3,(H,4,5)/t12-;/m1./s1. The molecule has 0 saturated carbocycles. The predicted molar refractivity (Wildman–Crippen MR) is 72.3 cm³/mol. The lowest BCUT2D eigenvalue weighted by Gasteiger charge is -2.10. The van der Waals surface area contributed by atoms with Crippen LogP contribution in [-0.2, 0) is 11.2 Å². The number of benzene rings is 1. The number of nitrogens with one attached hydrogen (secondary N) is 1. The number of rotatable bonds is 3. The van der Waals surface area contributed by atoms with Crippen LogP contribution >= 0.6 is 0 Å². The molecule has 3 heteroatoms. The highest BCUT2D eigenvalue weighted by atomic mass is 16.4. The summed E-state index contributed by atoms with van der Waals surface area (Å²) >= 11 is 0. The summed E-state index contributed by atoms with van der Waals surface area (Å²) in [7, 11) is 0. The quantitative estimate of drug-likeness (QED) is 0.804. The van der Waals surface area contributed by atoms with Crippen LogP contribution in [0.4, 0.5) is 0 Å². The second kappa shape index (κ2) is 7.52. The number of carbonyl (C=O) groups is 1. The van der Waals surface area contributed by atoms with Crippen LogP contribution < -0.4 is 5.32 Å². The molecule has 96 valence electrons. The maximum atomic E-state index is 9.37. The first-order chi connectivity index (χ1) is 8.69. The van der Waals surface area contributed by atoms with Crippen LogP contribution in [0.1, 0.15) is 36.9 Å². The zero-order chi connectivity index (χ0) is 13.4.